The molecule has 1 fully saturated rings. The number of hydrogen-bond donors (Lipinski definition) is 0. The normalized spacial score (nSPS) is 21.7. The molecule has 0 spiro atoms. The highest BCUT2D eigenvalue weighted by atomic mass is 16.5. The van der Waals surface area contributed by atoms with E-state index in [0.717, 1.165) is 24.1 Å². The molecule has 3 heterocycles. The zero-order chi connectivity index (χ0) is 15.8. The van der Waals surface area contributed by atoms with Gasteiger partial charge in [0.15, 0.2) is 5.76 Å². The van der Waals surface area contributed by atoms with Crippen LogP contribution in [0.5, 0.6) is 0 Å². The van der Waals surface area contributed by atoms with Gasteiger partial charge in [0.25, 0.3) is 0 Å². The molecule has 1 aromatic carbocycles. The standard InChI is InChI=1S/C17H18N4O2/c1-11-9-21(10-12(2)22-11)17-19-14(8-18-20-17)16-7-13-5-3-4-6-15(13)23-16/h3-8,11-12H,9-10H2,1-2H3/t11-,12+. The van der Waals surface area contributed by atoms with Crippen molar-refractivity contribution in [1.82, 2.24) is 15.2 Å². The molecule has 2 atom stereocenters. The fourth-order valence-electron chi connectivity index (χ4n) is 3.00. The summed E-state index contributed by atoms with van der Waals surface area (Å²) < 4.78 is 11.6. The molecule has 23 heavy (non-hydrogen) atoms. The van der Waals surface area contributed by atoms with Crippen molar-refractivity contribution in [2.45, 2.75) is 26.1 Å². The average molecular weight is 310 g/mol. The highest BCUT2D eigenvalue weighted by molar-refractivity contribution is 5.82. The molecule has 1 aliphatic heterocycles. The van der Waals surface area contributed by atoms with Crippen molar-refractivity contribution >= 4 is 16.9 Å². The lowest BCUT2D eigenvalue weighted by atomic mass is 10.2. The van der Waals surface area contributed by atoms with E-state index in [-0.39, 0.29) is 12.2 Å². The van der Waals surface area contributed by atoms with E-state index in [4.69, 9.17) is 9.15 Å². The topological polar surface area (TPSA) is 64.3 Å². The highest BCUT2D eigenvalue weighted by Gasteiger charge is 2.24. The molecule has 2 aromatic heterocycles. The smallest absolute Gasteiger partial charge is 0.246 e. The molecule has 118 valence electrons. The Morgan fingerprint density at radius 1 is 1.13 bits per heavy atom. The van der Waals surface area contributed by atoms with Crippen LogP contribution in [0.2, 0.25) is 0 Å². The number of benzene rings is 1. The average Bonchev–Trinajstić information content (AvgIpc) is 2.98. The quantitative estimate of drug-likeness (QED) is 0.725. The van der Waals surface area contributed by atoms with Crippen LogP contribution in [0.3, 0.4) is 0 Å². The maximum Gasteiger partial charge on any atom is 0.246 e. The van der Waals surface area contributed by atoms with E-state index in [1.807, 2.05) is 30.3 Å². The second kappa shape index (κ2) is 5.62. The van der Waals surface area contributed by atoms with Gasteiger partial charge in [-0.05, 0) is 26.0 Å². The van der Waals surface area contributed by atoms with Gasteiger partial charge >= 0.3 is 0 Å². The van der Waals surface area contributed by atoms with Crippen LogP contribution in [-0.4, -0.2) is 40.5 Å². The summed E-state index contributed by atoms with van der Waals surface area (Å²) in [5.74, 6) is 1.32. The van der Waals surface area contributed by atoms with Gasteiger partial charge in [0.1, 0.15) is 11.3 Å². The zero-order valence-electron chi connectivity index (χ0n) is 13.1. The maximum absolute atomic E-state index is 5.87. The summed E-state index contributed by atoms with van der Waals surface area (Å²) in [6.07, 6.45) is 1.93. The van der Waals surface area contributed by atoms with Crippen LogP contribution >= 0.6 is 0 Å². The molecule has 0 radical (unpaired) electrons. The Hall–Kier alpha value is -2.47. The Morgan fingerprint density at radius 3 is 2.70 bits per heavy atom. The number of nitrogens with zero attached hydrogens (tertiary/aromatic N) is 4. The minimum Gasteiger partial charge on any atom is -0.454 e. The van der Waals surface area contributed by atoms with Crippen LogP contribution in [-0.2, 0) is 4.74 Å². The molecule has 0 saturated carbocycles. The maximum atomic E-state index is 5.87. The Bertz CT molecular complexity index is 789. The Balaban J connectivity index is 1.68. The van der Waals surface area contributed by atoms with E-state index in [2.05, 4.69) is 33.9 Å². The van der Waals surface area contributed by atoms with Crippen molar-refractivity contribution in [2.24, 2.45) is 0 Å². The summed E-state index contributed by atoms with van der Waals surface area (Å²) in [6, 6.07) is 9.88. The fraction of sp³-hybridized carbons (Fsp3) is 0.353. The molecule has 0 aliphatic carbocycles. The first-order valence-corrected chi connectivity index (χ1v) is 7.78. The molecule has 1 aliphatic rings. The summed E-state index contributed by atoms with van der Waals surface area (Å²) in [7, 11) is 0. The lowest BCUT2D eigenvalue weighted by molar-refractivity contribution is -0.00576. The van der Waals surface area contributed by atoms with Crippen molar-refractivity contribution in [3.05, 3.63) is 36.5 Å². The van der Waals surface area contributed by atoms with Crippen LogP contribution < -0.4 is 4.90 Å². The number of fused-ring (bicyclic) bond motifs is 1. The van der Waals surface area contributed by atoms with E-state index in [1.54, 1.807) is 6.20 Å². The number of anilines is 1. The van der Waals surface area contributed by atoms with Gasteiger partial charge < -0.3 is 14.1 Å². The third-order valence-corrected chi connectivity index (χ3v) is 3.93. The minimum atomic E-state index is 0.150. The predicted octanol–water partition coefficient (Wildman–Crippen LogP) is 2.90. The summed E-state index contributed by atoms with van der Waals surface area (Å²) in [5, 5.41) is 9.33. The molecule has 6 heteroatoms. The van der Waals surface area contributed by atoms with Crippen LogP contribution in [0.1, 0.15) is 13.8 Å². The van der Waals surface area contributed by atoms with Gasteiger partial charge in [-0.1, -0.05) is 18.2 Å². The lowest BCUT2D eigenvalue weighted by Gasteiger charge is -2.35. The molecule has 0 N–H and O–H groups in total. The predicted molar refractivity (Wildman–Crippen MR) is 87.3 cm³/mol. The third-order valence-electron chi connectivity index (χ3n) is 3.93. The summed E-state index contributed by atoms with van der Waals surface area (Å²) >= 11 is 0. The monoisotopic (exact) mass is 310 g/mol. The third kappa shape index (κ3) is 2.77. The number of hydrogen-bond acceptors (Lipinski definition) is 6. The minimum absolute atomic E-state index is 0.150. The van der Waals surface area contributed by atoms with Gasteiger partial charge in [0.2, 0.25) is 5.95 Å². The molecule has 3 aromatic rings. The molecule has 0 unspecified atom stereocenters. The van der Waals surface area contributed by atoms with E-state index in [0.29, 0.717) is 17.4 Å². The van der Waals surface area contributed by atoms with Gasteiger partial charge in [0.05, 0.1) is 18.4 Å². The van der Waals surface area contributed by atoms with Crippen LogP contribution in [0, 0.1) is 0 Å². The van der Waals surface area contributed by atoms with E-state index in [9.17, 15) is 0 Å². The largest absolute Gasteiger partial charge is 0.454 e. The first kappa shape index (κ1) is 14.1. The summed E-state index contributed by atoms with van der Waals surface area (Å²) in [4.78, 5) is 6.74. The van der Waals surface area contributed by atoms with Gasteiger partial charge in [0, 0.05) is 18.5 Å². The number of aromatic nitrogens is 3. The number of morpholine rings is 1. The van der Waals surface area contributed by atoms with Gasteiger partial charge in [-0.15, -0.1) is 5.10 Å². The first-order chi connectivity index (χ1) is 11.2. The molecule has 0 bridgehead atoms. The van der Waals surface area contributed by atoms with Crippen molar-refractivity contribution in [3.63, 3.8) is 0 Å². The van der Waals surface area contributed by atoms with Crippen LogP contribution in [0.15, 0.2) is 40.9 Å². The van der Waals surface area contributed by atoms with Crippen LogP contribution in [0.4, 0.5) is 5.95 Å². The second-order valence-electron chi connectivity index (χ2n) is 5.95. The Kier molecular flexibility index (Phi) is 3.46. The van der Waals surface area contributed by atoms with Crippen molar-refractivity contribution < 1.29 is 9.15 Å². The number of furan rings is 1. The molecular weight excluding hydrogens is 292 g/mol. The molecule has 6 nitrogen and oxygen atoms in total. The van der Waals surface area contributed by atoms with Crippen molar-refractivity contribution in [3.8, 4) is 11.5 Å². The summed E-state index contributed by atoms with van der Waals surface area (Å²) in [5.41, 5.74) is 1.54. The molecule has 4 rings (SSSR count). The van der Waals surface area contributed by atoms with Gasteiger partial charge in [-0.2, -0.15) is 5.10 Å². The van der Waals surface area contributed by atoms with Gasteiger partial charge in [-0.3, -0.25) is 0 Å². The van der Waals surface area contributed by atoms with E-state index >= 15 is 0 Å². The number of para-hydroxylation sites is 1. The number of ether oxygens (including phenoxy) is 1. The molecular formula is C17H18N4O2. The van der Waals surface area contributed by atoms with Crippen LogP contribution in [0.25, 0.3) is 22.4 Å². The Morgan fingerprint density at radius 2 is 1.91 bits per heavy atom. The zero-order valence-corrected chi connectivity index (χ0v) is 13.1. The Labute approximate surface area is 134 Å². The molecule has 1 saturated heterocycles. The van der Waals surface area contributed by atoms with E-state index < -0.39 is 0 Å². The SMILES string of the molecule is C[C@@H]1CN(c2nncc(-c3cc4ccccc4o3)n2)C[C@H](C)O1. The molecule has 0 amide bonds. The fourth-order valence-corrected chi connectivity index (χ4v) is 3.00. The second-order valence-corrected chi connectivity index (χ2v) is 5.95. The highest BCUT2D eigenvalue weighted by Crippen LogP contribution is 2.27. The van der Waals surface area contributed by atoms with Crippen molar-refractivity contribution in [1.29, 1.82) is 0 Å². The van der Waals surface area contributed by atoms with Gasteiger partial charge in [-0.25, -0.2) is 4.98 Å². The van der Waals surface area contributed by atoms with E-state index in [1.165, 1.54) is 0 Å². The summed E-state index contributed by atoms with van der Waals surface area (Å²) in [6.45, 7) is 5.63. The first-order valence-electron chi connectivity index (χ1n) is 7.78. The number of rotatable bonds is 2. The lowest BCUT2D eigenvalue weighted by Crippen LogP contribution is -2.46. The van der Waals surface area contributed by atoms with Crippen molar-refractivity contribution in [2.75, 3.05) is 18.0 Å².